The number of amides is 1. The number of benzene rings is 1. The molecule has 1 aliphatic rings. The second-order valence-electron chi connectivity index (χ2n) is 6.87. The van der Waals surface area contributed by atoms with Gasteiger partial charge in [-0.25, -0.2) is 9.78 Å². The Kier molecular flexibility index (Phi) is 3.85. The molecular weight excluding hydrogens is 392 g/mol. The zero-order valence-electron chi connectivity index (χ0n) is 16.1. The lowest BCUT2D eigenvalue weighted by Crippen LogP contribution is -2.37. The van der Waals surface area contributed by atoms with Crippen LogP contribution in [-0.2, 0) is 32.0 Å². The summed E-state index contributed by atoms with van der Waals surface area (Å²) in [4.78, 5) is 45.5. The van der Waals surface area contributed by atoms with Crippen LogP contribution < -0.4 is 21.3 Å². The maximum absolute atomic E-state index is 12.6. The van der Waals surface area contributed by atoms with Gasteiger partial charge in [0.25, 0.3) is 5.56 Å². The third-order valence-corrected chi connectivity index (χ3v) is 4.98. The number of imidazole rings is 1. The van der Waals surface area contributed by atoms with Crippen molar-refractivity contribution in [3.63, 3.8) is 0 Å². The van der Waals surface area contributed by atoms with Crippen LogP contribution >= 0.6 is 0 Å². The molecule has 3 aromatic heterocycles. The van der Waals surface area contributed by atoms with Crippen LogP contribution in [0.25, 0.3) is 22.4 Å². The number of nitrogens with zero attached hydrogens (tertiary/aromatic N) is 5. The van der Waals surface area contributed by atoms with Crippen LogP contribution in [0.5, 0.6) is 5.75 Å². The van der Waals surface area contributed by atoms with E-state index in [4.69, 9.17) is 9.15 Å². The maximum atomic E-state index is 12.6. The van der Waals surface area contributed by atoms with Gasteiger partial charge < -0.3 is 13.7 Å². The normalized spacial score (nSPS) is 12.3. The lowest BCUT2D eigenvalue weighted by molar-refractivity contribution is -0.116. The molecule has 4 heterocycles. The van der Waals surface area contributed by atoms with Gasteiger partial charge in [-0.15, -0.1) is 0 Å². The quantitative estimate of drug-likeness (QED) is 0.527. The number of para-hydroxylation sites is 1. The highest BCUT2D eigenvalue weighted by Crippen LogP contribution is 2.37. The largest absolute Gasteiger partial charge is 0.485 e. The van der Waals surface area contributed by atoms with Gasteiger partial charge in [0.2, 0.25) is 5.91 Å². The van der Waals surface area contributed by atoms with E-state index in [0.717, 1.165) is 10.1 Å². The fraction of sp³-hybridized carbons (Fsp3) is 0.211. The van der Waals surface area contributed by atoms with Gasteiger partial charge in [-0.2, -0.15) is 4.98 Å². The van der Waals surface area contributed by atoms with Crippen LogP contribution in [0.4, 0.5) is 6.01 Å². The standard InChI is InChI=1S/C19H16N6O5/c1-23-16-15(17(27)24(2)19(23)28)25(9-20-16)7-13(26)21-18-22-14-10-5-3-4-6-11(10)29-8-12(14)30-18/h3-6,9H,7-8H2,1-2H3,(H,21,22,26). The Morgan fingerprint density at radius 2 is 2.00 bits per heavy atom. The minimum Gasteiger partial charge on any atom is -0.485 e. The van der Waals surface area contributed by atoms with Crippen molar-refractivity contribution in [2.75, 3.05) is 5.32 Å². The Morgan fingerprint density at radius 1 is 1.20 bits per heavy atom. The van der Waals surface area contributed by atoms with Crippen LogP contribution in [0.2, 0.25) is 0 Å². The highest BCUT2D eigenvalue weighted by atomic mass is 16.5. The van der Waals surface area contributed by atoms with Crippen LogP contribution in [0, 0.1) is 0 Å². The van der Waals surface area contributed by atoms with E-state index in [1.54, 1.807) is 0 Å². The second kappa shape index (κ2) is 6.44. The molecule has 0 radical (unpaired) electrons. The SMILES string of the molecule is Cn1c(=O)c2c(ncn2CC(=O)Nc2nc3c(o2)COc2ccccc2-3)n(C)c1=O. The predicted octanol–water partition coefficient (Wildman–Crippen LogP) is 0.620. The molecule has 0 spiro atoms. The third kappa shape index (κ3) is 2.63. The Bertz CT molecular complexity index is 1440. The van der Waals surface area contributed by atoms with Gasteiger partial charge in [0.15, 0.2) is 16.9 Å². The number of fused-ring (bicyclic) bond motifs is 4. The summed E-state index contributed by atoms with van der Waals surface area (Å²) in [7, 11) is 2.89. The van der Waals surface area contributed by atoms with Crippen molar-refractivity contribution in [2.45, 2.75) is 13.2 Å². The molecule has 11 heteroatoms. The molecule has 1 aliphatic heterocycles. The van der Waals surface area contributed by atoms with E-state index in [1.807, 2.05) is 24.3 Å². The first-order valence-electron chi connectivity index (χ1n) is 9.06. The highest BCUT2D eigenvalue weighted by molar-refractivity contribution is 5.90. The zero-order chi connectivity index (χ0) is 21.0. The number of carbonyl (C=O) groups excluding carboxylic acids is 1. The Morgan fingerprint density at radius 3 is 2.83 bits per heavy atom. The molecule has 0 bridgehead atoms. The molecule has 0 unspecified atom stereocenters. The minimum atomic E-state index is -0.529. The summed E-state index contributed by atoms with van der Waals surface area (Å²) in [5.74, 6) is 0.751. The molecular formula is C19H16N6O5. The fourth-order valence-electron chi connectivity index (χ4n) is 3.48. The first kappa shape index (κ1) is 17.9. The third-order valence-electron chi connectivity index (χ3n) is 4.98. The first-order chi connectivity index (χ1) is 14.4. The van der Waals surface area contributed by atoms with Crippen molar-refractivity contribution < 1.29 is 13.9 Å². The second-order valence-corrected chi connectivity index (χ2v) is 6.87. The summed E-state index contributed by atoms with van der Waals surface area (Å²) in [6.45, 7) is 0.00945. The Hall–Kier alpha value is -4.15. The van der Waals surface area contributed by atoms with Gasteiger partial charge in [-0.3, -0.25) is 24.0 Å². The highest BCUT2D eigenvalue weighted by Gasteiger charge is 2.24. The van der Waals surface area contributed by atoms with Gasteiger partial charge in [-0.05, 0) is 12.1 Å². The van der Waals surface area contributed by atoms with E-state index in [1.165, 1.54) is 29.6 Å². The number of carbonyl (C=O) groups is 1. The fourth-order valence-corrected chi connectivity index (χ4v) is 3.48. The van der Waals surface area contributed by atoms with E-state index in [-0.39, 0.29) is 30.3 Å². The maximum Gasteiger partial charge on any atom is 0.332 e. The average molecular weight is 408 g/mol. The Balaban J connectivity index is 1.43. The van der Waals surface area contributed by atoms with Gasteiger partial charge >= 0.3 is 11.7 Å². The predicted molar refractivity (Wildman–Crippen MR) is 105 cm³/mol. The van der Waals surface area contributed by atoms with Crippen molar-refractivity contribution in [3.05, 3.63) is 57.2 Å². The van der Waals surface area contributed by atoms with Crippen molar-refractivity contribution in [1.29, 1.82) is 0 Å². The van der Waals surface area contributed by atoms with Crippen molar-refractivity contribution in [2.24, 2.45) is 14.1 Å². The molecule has 0 saturated heterocycles. The van der Waals surface area contributed by atoms with Crippen LogP contribution in [0.3, 0.4) is 0 Å². The van der Waals surface area contributed by atoms with Crippen LogP contribution in [0.1, 0.15) is 5.76 Å². The zero-order valence-corrected chi connectivity index (χ0v) is 16.1. The minimum absolute atomic E-state index is 0.0371. The van der Waals surface area contributed by atoms with Gasteiger partial charge in [0.1, 0.15) is 24.6 Å². The molecule has 30 heavy (non-hydrogen) atoms. The number of hydrogen-bond donors (Lipinski definition) is 1. The molecule has 152 valence electrons. The number of hydrogen-bond acceptors (Lipinski definition) is 7. The molecule has 11 nitrogen and oxygen atoms in total. The molecule has 1 aromatic carbocycles. The number of aromatic nitrogens is 5. The molecule has 0 atom stereocenters. The van der Waals surface area contributed by atoms with Crippen molar-refractivity contribution >= 4 is 23.1 Å². The van der Waals surface area contributed by atoms with E-state index >= 15 is 0 Å². The Labute approximate surface area is 168 Å². The smallest absolute Gasteiger partial charge is 0.332 e. The van der Waals surface area contributed by atoms with E-state index in [0.29, 0.717) is 17.2 Å². The topological polar surface area (TPSA) is 126 Å². The average Bonchev–Trinajstić information content (AvgIpc) is 3.34. The number of ether oxygens (including phenoxy) is 1. The number of anilines is 1. The molecule has 0 saturated carbocycles. The monoisotopic (exact) mass is 408 g/mol. The lowest BCUT2D eigenvalue weighted by Gasteiger charge is -2.14. The number of oxazole rings is 1. The van der Waals surface area contributed by atoms with E-state index < -0.39 is 17.2 Å². The molecule has 1 N–H and O–H groups in total. The van der Waals surface area contributed by atoms with Gasteiger partial charge in [0.05, 0.1) is 6.33 Å². The van der Waals surface area contributed by atoms with Crippen LogP contribution in [-0.4, -0.2) is 29.6 Å². The molecule has 1 amide bonds. The summed E-state index contributed by atoms with van der Waals surface area (Å²) >= 11 is 0. The number of nitrogens with one attached hydrogen (secondary N) is 1. The summed E-state index contributed by atoms with van der Waals surface area (Å²) in [6, 6.07) is 7.46. The van der Waals surface area contributed by atoms with Crippen molar-refractivity contribution in [1.82, 2.24) is 23.7 Å². The van der Waals surface area contributed by atoms with Crippen LogP contribution in [0.15, 0.2) is 44.6 Å². The van der Waals surface area contributed by atoms with Gasteiger partial charge in [0, 0.05) is 19.7 Å². The van der Waals surface area contributed by atoms with E-state index in [9.17, 15) is 14.4 Å². The number of aryl methyl sites for hydroxylation is 1. The summed E-state index contributed by atoms with van der Waals surface area (Å²) < 4.78 is 14.8. The molecule has 4 aromatic rings. The van der Waals surface area contributed by atoms with Crippen molar-refractivity contribution in [3.8, 4) is 17.0 Å². The summed E-state index contributed by atoms with van der Waals surface area (Å²) in [5, 5.41) is 2.59. The molecule has 0 aliphatic carbocycles. The molecule has 0 fully saturated rings. The first-order valence-corrected chi connectivity index (χ1v) is 9.06. The summed E-state index contributed by atoms with van der Waals surface area (Å²) in [5.41, 5.74) is 0.742. The van der Waals surface area contributed by atoms with Gasteiger partial charge in [-0.1, -0.05) is 12.1 Å². The molecule has 5 rings (SSSR count). The van der Waals surface area contributed by atoms with E-state index in [2.05, 4.69) is 15.3 Å². The lowest BCUT2D eigenvalue weighted by atomic mass is 10.1. The summed E-state index contributed by atoms with van der Waals surface area (Å²) in [6.07, 6.45) is 1.34. The number of rotatable bonds is 3.